The average molecular weight is 396 g/mol. The number of carbonyl (C=O) groups excluding carboxylic acids is 1. The monoisotopic (exact) mass is 396 g/mol. The van der Waals surface area contributed by atoms with E-state index in [1.807, 2.05) is 6.92 Å². The first-order chi connectivity index (χ1) is 14.1. The second-order valence-electron chi connectivity index (χ2n) is 7.73. The average Bonchev–Trinajstić information content (AvgIpc) is 3.57. The Hall–Kier alpha value is -2.81. The van der Waals surface area contributed by atoms with Gasteiger partial charge in [-0.3, -0.25) is 4.79 Å². The molecule has 0 radical (unpaired) electrons. The molecule has 2 aromatic heterocycles. The van der Waals surface area contributed by atoms with Gasteiger partial charge in [-0.2, -0.15) is 15.0 Å². The number of nitrogens with one attached hydrogen (secondary N) is 2. The predicted molar refractivity (Wildman–Crippen MR) is 111 cm³/mol. The van der Waals surface area contributed by atoms with Crippen molar-refractivity contribution in [3.63, 3.8) is 0 Å². The third-order valence-corrected chi connectivity index (χ3v) is 5.29. The molecule has 2 aromatic rings. The van der Waals surface area contributed by atoms with Gasteiger partial charge in [0.15, 0.2) is 0 Å². The standard InChI is InChI=1S/C20H28N8O/c1-3-16-23-19(26-20(25-16)28-10-8-27(2)9-11-28)24-17-7-6-15(13-21-17)18(29)22-12-14-4-5-14/h6-7,13-14H,3-5,8-12H2,1-2H3,(H,22,29)(H,21,23,24,25,26). The van der Waals surface area contributed by atoms with Crippen LogP contribution in [0.15, 0.2) is 18.3 Å². The molecule has 0 spiro atoms. The van der Waals surface area contributed by atoms with E-state index in [1.54, 1.807) is 18.3 Å². The number of pyridine rings is 1. The van der Waals surface area contributed by atoms with Crippen LogP contribution in [0.2, 0.25) is 0 Å². The number of hydrogen-bond donors (Lipinski definition) is 2. The number of rotatable bonds is 7. The molecule has 0 atom stereocenters. The summed E-state index contributed by atoms with van der Waals surface area (Å²) in [6.45, 7) is 6.54. The SMILES string of the molecule is CCc1nc(Nc2ccc(C(=O)NCC3CC3)cn2)nc(N2CCN(C)CC2)n1. The van der Waals surface area contributed by atoms with Crippen molar-refractivity contribution in [2.75, 3.05) is 50.0 Å². The van der Waals surface area contributed by atoms with Crippen molar-refractivity contribution in [3.05, 3.63) is 29.7 Å². The second kappa shape index (κ2) is 8.69. The summed E-state index contributed by atoms with van der Waals surface area (Å²) in [5.41, 5.74) is 0.555. The molecule has 0 aromatic carbocycles. The molecule has 1 amide bonds. The minimum absolute atomic E-state index is 0.0817. The Labute approximate surface area is 171 Å². The molecular formula is C20H28N8O. The molecule has 3 heterocycles. The molecule has 9 heteroatoms. The third-order valence-electron chi connectivity index (χ3n) is 5.29. The molecule has 2 aliphatic rings. The molecule has 1 aliphatic carbocycles. The summed E-state index contributed by atoms with van der Waals surface area (Å²) in [6, 6.07) is 3.54. The van der Waals surface area contributed by atoms with E-state index in [4.69, 9.17) is 0 Å². The molecular weight excluding hydrogens is 368 g/mol. The van der Waals surface area contributed by atoms with E-state index >= 15 is 0 Å². The molecule has 1 saturated carbocycles. The van der Waals surface area contributed by atoms with E-state index in [1.165, 1.54) is 12.8 Å². The van der Waals surface area contributed by atoms with Crippen molar-refractivity contribution in [1.82, 2.24) is 30.2 Å². The maximum absolute atomic E-state index is 12.2. The fourth-order valence-corrected chi connectivity index (χ4v) is 3.15. The van der Waals surface area contributed by atoms with Gasteiger partial charge in [0.05, 0.1) is 5.56 Å². The van der Waals surface area contributed by atoms with Crippen LogP contribution in [0.25, 0.3) is 0 Å². The Morgan fingerprint density at radius 2 is 1.93 bits per heavy atom. The summed E-state index contributed by atoms with van der Waals surface area (Å²) in [5, 5.41) is 6.10. The van der Waals surface area contributed by atoms with Gasteiger partial charge in [-0.15, -0.1) is 0 Å². The van der Waals surface area contributed by atoms with E-state index in [0.29, 0.717) is 29.2 Å². The fourth-order valence-electron chi connectivity index (χ4n) is 3.15. The lowest BCUT2D eigenvalue weighted by molar-refractivity contribution is 0.0951. The van der Waals surface area contributed by atoms with Gasteiger partial charge in [0.2, 0.25) is 11.9 Å². The molecule has 2 N–H and O–H groups in total. The maximum atomic E-state index is 12.2. The van der Waals surface area contributed by atoms with Crippen molar-refractivity contribution < 1.29 is 4.79 Å². The Bertz CT molecular complexity index is 844. The number of aryl methyl sites for hydroxylation is 1. The van der Waals surface area contributed by atoms with Crippen molar-refractivity contribution in [2.24, 2.45) is 5.92 Å². The van der Waals surface area contributed by atoms with Crippen LogP contribution in [-0.4, -0.2) is 70.5 Å². The quantitative estimate of drug-likeness (QED) is 0.726. The summed E-state index contributed by atoms with van der Waals surface area (Å²) in [4.78, 5) is 34.7. The third kappa shape index (κ3) is 5.17. The fraction of sp³-hybridized carbons (Fsp3) is 0.550. The van der Waals surface area contributed by atoms with E-state index in [9.17, 15) is 4.79 Å². The van der Waals surface area contributed by atoms with E-state index < -0.39 is 0 Å². The molecule has 1 saturated heterocycles. The van der Waals surface area contributed by atoms with Crippen LogP contribution in [0.1, 0.15) is 35.9 Å². The Morgan fingerprint density at radius 3 is 2.59 bits per heavy atom. The summed E-state index contributed by atoms with van der Waals surface area (Å²) in [6.07, 6.45) is 4.73. The summed E-state index contributed by atoms with van der Waals surface area (Å²) in [7, 11) is 2.12. The number of hydrogen-bond acceptors (Lipinski definition) is 8. The summed E-state index contributed by atoms with van der Waals surface area (Å²) in [5.74, 6) is 3.09. The number of likely N-dealkylation sites (N-methyl/N-ethyl adjacent to an activating group) is 1. The molecule has 154 valence electrons. The van der Waals surface area contributed by atoms with Crippen LogP contribution < -0.4 is 15.5 Å². The number of piperazine rings is 1. The first-order valence-electron chi connectivity index (χ1n) is 10.3. The zero-order chi connectivity index (χ0) is 20.2. The van der Waals surface area contributed by atoms with Crippen molar-refractivity contribution in [2.45, 2.75) is 26.2 Å². The van der Waals surface area contributed by atoms with Crippen LogP contribution >= 0.6 is 0 Å². The zero-order valence-corrected chi connectivity index (χ0v) is 17.1. The van der Waals surface area contributed by atoms with Crippen LogP contribution in [0.4, 0.5) is 17.7 Å². The first kappa shape index (κ1) is 19.5. The lowest BCUT2D eigenvalue weighted by Crippen LogP contribution is -2.45. The maximum Gasteiger partial charge on any atom is 0.252 e. The minimum atomic E-state index is -0.0817. The Morgan fingerprint density at radius 1 is 1.14 bits per heavy atom. The topological polar surface area (TPSA) is 99.2 Å². The van der Waals surface area contributed by atoms with Crippen molar-refractivity contribution >= 4 is 23.6 Å². The predicted octanol–water partition coefficient (Wildman–Crippen LogP) is 1.46. The number of carbonyl (C=O) groups is 1. The molecule has 1 aliphatic heterocycles. The summed E-state index contributed by atoms with van der Waals surface area (Å²) >= 11 is 0. The van der Waals surface area contributed by atoms with Crippen LogP contribution in [0, 0.1) is 5.92 Å². The number of aromatic nitrogens is 4. The van der Waals surface area contributed by atoms with Gasteiger partial charge in [-0.25, -0.2) is 4.98 Å². The van der Waals surface area contributed by atoms with Crippen LogP contribution in [-0.2, 0) is 6.42 Å². The van der Waals surface area contributed by atoms with Gasteiger partial charge in [0.1, 0.15) is 11.6 Å². The van der Waals surface area contributed by atoms with Crippen LogP contribution in [0.5, 0.6) is 0 Å². The van der Waals surface area contributed by atoms with Gasteiger partial charge in [-0.05, 0) is 37.9 Å². The second-order valence-corrected chi connectivity index (χ2v) is 7.73. The molecule has 0 unspecified atom stereocenters. The first-order valence-corrected chi connectivity index (χ1v) is 10.3. The molecule has 9 nitrogen and oxygen atoms in total. The lowest BCUT2D eigenvalue weighted by atomic mass is 10.2. The number of amides is 1. The van der Waals surface area contributed by atoms with Gasteiger partial charge in [0.25, 0.3) is 5.91 Å². The molecule has 2 fully saturated rings. The molecule has 0 bridgehead atoms. The highest BCUT2D eigenvalue weighted by Crippen LogP contribution is 2.27. The van der Waals surface area contributed by atoms with Gasteiger partial charge in [-0.1, -0.05) is 6.92 Å². The Kier molecular flexibility index (Phi) is 5.84. The van der Waals surface area contributed by atoms with E-state index in [-0.39, 0.29) is 5.91 Å². The van der Waals surface area contributed by atoms with E-state index in [2.05, 4.69) is 47.4 Å². The van der Waals surface area contributed by atoms with Crippen molar-refractivity contribution in [1.29, 1.82) is 0 Å². The largest absolute Gasteiger partial charge is 0.352 e. The minimum Gasteiger partial charge on any atom is -0.352 e. The van der Waals surface area contributed by atoms with E-state index in [0.717, 1.165) is 45.0 Å². The smallest absolute Gasteiger partial charge is 0.252 e. The number of anilines is 3. The van der Waals surface area contributed by atoms with Gasteiger partial charge in [0, 0.05) is 45.3 Å². The highest BCUT2D eigenvalue weighted by Gasteiger charge is 2.22. The normalized spacial score (nSPS) is 17.2. The lowest BCUT2D eigenvalue weighted by Gasteiger charge is -2.32. The zero-order valence-electron chi connectivity index (χ0n) is 17.1. The molecule has 4 rings (SSSR count). The van der Waals surface area contributed by atoms with Gasteiger partial charge >= 0.3 is 0 Å². The molecule has 29 heavy (non-hydrogen) atoms. The van der Waals surface area contributed by atoms with Crippen molar-refractivity contribution in [3.8, 4) is 0 Å². The Balaban J connectivity index is 1.43. The van der Waals surface area contributed by atoms with Crippen LogP contribution in [0.3, 0.4) is 0 Å². The van der Waals surface area contributed by atoms with Gasteiger partial charge < -0.3 is 20.4 Å². The highest BCUT2D eigenvalue weighted by atomic mass is 16.1. The number of nitrogens with zero attached hydrogens (tertiary/aromatic N) is 6. The summed E-state index contributed by atoms with van der Waals surface area (Å²) < 4.78 is 0. The highest BCUT2D eigenvalue weighted by molar-refractivity contribution is 5.94.